The van der Waals surface area contributed by atoms with Gasteiger partial charge in [-0.15, -0.1) is 0 Å². The Morgan fingerprint density at radius 2 is 1.90 bits per heavy atom. The summed E-state index contributed by atoms with van der Waals surface area (Å²) < 4.78 is 2.03. The third-order valence-corrected chi connectivity index (χ3v) is 6.33. The number of amidine groups is 2. The minimum Gasteiger partial charge on any atom is -0.292 e. The first kappa shape index (κ1) is 20.0. The largest absolute Gasteiger partial charge is 0.333 e. The fraction of sp³-hybridized carbons (Fsp3) is 0.524. The number of likely N-dealkylation sites (N-methyl/N-ethyl adjacent to an activating group) is 2. The van der Waals surface area contributed by atoms with E-state index in [1.165, 1.54) is 29.7 Å². The Labute approximate surface area is 176 Å². The van der Waals surface area contributed by atoms with E-state index in [2.05, 4.69) is 11.8 Å². The maximum Gasteiger partial charge on any atom is 0.333 e. The van der Waals surface area contributed by atoms with Gasteiger partial charge in [-0.25, -0.2) is 9.37 Å². The minimum absolute atomic E-state index is 0.240. The molecule has 0 spiro atoms. The van der Waals surface area contributed by atoms with E-state index in [0.717, 1.165) is 30.4 Å². The van der Waals surface area contributed by atoms with Crippen molar-refractivity contribution in [2.45, 2.75) is 32.4 Å². The minimum atomic E-state index is -0.583. The topological polar surface area (TPSA) is 59.2 Å². The molecule has 4 rings (SSSR count). The molecule has 1 aromatic rings. The molecule has 0 bridgehead atoms. The van der Waals surface area contributed by atoms with Gasteiger partial charge in [0, 0.05) is 19.1 Å². The zero-order chi connectivity index (χ0) is 20.7. The monoisotopic (exact) mass is 416 g/mol. The lowest BCUT2D eigenvalue weighted by Gasteiger charge is -2.31. The Bertz CT molecular complexity index is 904. The van der Waals surface area contributed by atoms with Gasteiger partial charge in [0.05, 0.1) is 0 Å². The molecule has 2 saturated heterocycles. The number of carbonyl (C=O) groups excluding carboxylic acids is 2. The smallest absolute Gasteiger partial charge is 0.292 e. The normalized spacial score (nSPS) is 23.7. The molecule has 1 atom stereocenters. The molecule has 3 aliphatic heterocycles. The molecule has 0 aromatic heterocycles. The first-order valence-corrected chi connectivity index (χ1v) is 10.5. The summed E-state index contributed by atoms with van der Waals surface area (Å²) in [5, 5.41) is 0.661. The number of aliphatic imine (C=N–C) groups is 1. The Kier molecular flexibility index (Phi) is 5.44. The highest BCUT2D eigenvalue weighted by Gasteiger charge is 2.53. The van der Waals surface area contributed by atoms with Crippen molar-refractivity contribution in [2.24, 2.45) is 10.9 Å². The van der Waals surface area contributed by atoms with Gasteiger partial charge in [0.15, 0.2) is 0 Å². The number of hydrogen-bond donors (Lipinski definition) is 0. The van der Waals surface area contributed by atoms with Crippen LogP contribution in [-0.2, 0) is 11.3 Å². The average Bonchev–Trinajstić information content (AvgIpc) is 3.04. The van der Waals surface area contributed by atoms with E-state index in [4.69, 9.17) is 16.6 Å². The Morgan fingerprint density at radius 3 is 2.59 bits per heavy atom. The fourth-order valence-electron chi connectivity index (χ4n) is 4.21. The molecule has 2 fully saturated rings. The van der Waals surface area contributed by atoms with Crippen LogP contribution in [-0.4, -0.2) is 82.7 Å². The van der Waals surface area contributed by atoms with Crippen molar-refractivity contribution in [3.63, 3.8) is 0 Å². The Balaban J connectivity index is 1.68. The molecule has 1 aromatic carbocycles. The number of fused-ring (bicyclic) bond motifs is 1. The van der Waals surface area contributed by atoms with Gasteiger partial charge in [-0.05, 0) is 54.5 Å². The molecule has 7 nitrogen and oxygen atoms in total. The summed E-state index contributed by atoms with van der Waals surface area (Å²) in [6.45, 7) is 5.52. The van der Waals surface area contributed by atoms with Crippen LogP contribution in [0.25, 0.3) is 0 Å². The van der Waals surface area contributed by atoms with Crippen molar-refractivity contribution in [1.82, 2.24) is 14.7 Å². The van der Waals surface area contributed by atoms with Gasteiger partial charge in [0.25, 0.3) is 17.8 Å². The second-order valence-electron chi connectivity index (χ2n) is 8.24. The highest BCUT2D eigenvalue weighted by atomic mass is 35.5. The maximum absolute atomic E-state index is 13.0. The van der Waals surface area contributed by atoms with E-state index in [1.54, 1.807) is 7.05 Å². The summed E-state index contributed by atoms with van der Waals surface area (Å²) >= 11 is 6.18. The second-order valence-corrected chi connectivity index (χ2v) is 8.68. The number of rotatable bonds is 4. The number of likely N-dealkylation sites (tertiary alicyclic amines) is 1. The third-order valence-electron chi connectivity index (χ3n) is 6.10. The lowest BCUT2D eigenvalue weighted by molar-refractivity contribution is -0.552. The SMILES string of the molecule is CC1CCN(CC2=[N+](Cc3cccc(Cl)c3)C3C(=O)N(C)C(=O)N(C)C3=N2)CC1. The van der Waals surface area contributed by atoms with Crippen LogP contribution < -0.4 is 0 Å². The first-order chi connectivity index (χ1) is 13.8. The van der Waals surface area contributed by atoms with Crippen LogP contribution in [0.4, 0.5) is 4.79 Å². The number of urea groups is 1. The molecule has 3 aliphatic rings. The van der Waals surface area contributed by atoms with Crippen LogP contribution in [0.5, 0.6) is 0 Å². The number of piperidine rings is 1. The second kappa shape index (κ2) is 7.88. The maximum atomic E-state index is 13.0. The lowest BCUT2D eigenvalue weighted by atomic mass is 9.99. The van der Waals surface area contributed by atoms with Crippen LogP contribution in [0, 0.1) is 5.92 Å². The summed E-state index contributed by atoms with van der Waals surface area (Å²) in [5.74, 6) is 1.86. The number of carbonyl (C=O) groups is 2. The van der Waals surface area contributed by atoms with Gasteiger partial charge in [-0.3, -0.25) is 19.5 Å². The van der Waals surface area contributed by atoms with Crippen LogP contribution in [0.3, 0.4) is 0 Å². The molecule has 8 heteroatoms. The summed E-state index contributed by atoms with van der Waals surface area (Å²) in [6.07, 6.45) is 2.34. The average molecular weight is 417 g/mol. The van der Waals surface area contributed by atoms with Crippen molar-refractivity contribution >= 4 is 35.2 Å². The number of imide groups is 1. The van der Waals surface area contributed by atoms with Crippen molar-refractivity contribution in [3.8, 4) is 0 Å². The Hall–Kier alpha value is -2.25. The summed E-state index contributed by atoms with van der Waals surface area (Å²) in [7, 11) is 3.21. The number of hydrogen-bond acceptors (Lipinski definition) is 4. The number of halogens is 1. The van der Waals surface area contributed by atoms with Gasteiger partial charge in [-0.1, -0.05) is 30.7 Å². The van der Waals surface area contributed by atoms with Gasteiger partial charge >= 0.3 is 11.9 Å². The van der Waals surface area contributed by atoms with E-state index in [0.29, 0.717) is 23.9 Å². The Morgan fingerprint density at radius 1 is 1.17 bits per heavy atom. The van der Waals surface area contributed by atoms with Crippen molar-refractivity contribution in [2.75, 3.05) is 33.7 Å². The standard InChI is InChI=1S/C21H27ClN5O2/c1-14-7-9-26(10-8-14)13-17-23-19-18(20(28)25(3)21(29)24(19)2)27(17)12-15-5-4-6-16(22)11-15/h4-6,11,14,18H,7-10,12-13H2,1-3H3/q+1. The first-order valence-electron chi connectivity index (χ1n) is 10.1. The number of benzene rings is 1. The highest BCUT2D eigenvalue weighted by molar-refractivity contribution is 6.30. The van der Waals surface area contributed by atoms with Gasteiger partial charge in [0.2, 0.25) is 0 Å². The molecule has 0 radical (unpaired) electrons. The van der Waals surface area contributed by atoms with E-state index in [-0.39, 0.29) is 11.9 Å². The van der Waals surface area contributed by atoms with E-state index >= 15 is 0 Å². The highest BCUT2D eigenvalue weighted by Crippen LogP contribution is 2.23. The lowest BCUT2D eigenvalue weighted by Crippen LogP contribution is -2.61. The molecule has 3 amide bonds. The zero-order valence-electron chi connectivity index (χ0n) is 17.1. The molecule has 0 saturated carbocycles. The van der Waals surface area contributed by atoms with Gasteiger partial charge in [-0.2, -0.15) is 0 Å². The summed E-state index contributed by atoms with van der Waals surface area (Å²) in [4.78, 5) is 35.3. The number of amides is 3. The molecule has 29 heavy (non-hydrogen) atoms. The van der Waals surface area contributed by atoms with E-state index < -0.39 is 6.04 Å². The molecule has 1 unspecified atom stereocenters. The van der Waals surface area contributed by atoms with Crippen LogP contribution >= 0.6 is 11.6 Å². The molecular weight excluding hydrogens is 390 g/mol. The molecule has 0 aliphatic carbocycles. The van der Waals surface area contributed by atoms with Crippen molar-refractivity contribution in [3.05, 3.63) is 34.9 Å². The van der Waals surface area contributed by atoms with E-state index in [9.17, 15) is 9.59 Å². The zero-order valence-corrected chi connectivity index (χ0v) is 17.9. The van der Waals surface area contributed by atoms with Gasteiger partial charge in [0.1, 0.15) is 13.1 Å². The quantitative estimate of drug-likeness (QED) is 0.707. The van der Waals surface area contributed by atoms with Crippen LogP contribution in [0.15, 0.2) is 29.3 Å². The van der Waals surface area contributed by atoms with Crippen molar-refractivity contribution < 1.29 is 14.2 Å². The molecular formula is C21H27ClN5O2+. The van der Waals surface area contributed by atoms with Crippen molar-refractivity contribution in [1.29, 1.82) is 0 Å². The predicted octanol–water partition coefficient (Wildman–Crippen LogP) is 2.29. The van der Waals surface area contributed by atoms with Crippen LogP contribution in [0.1, 0.15) is 25.3 Å². The molecule has 154 valence electrons. The predicted molar refractivity (Wildman–Crippen MR) is 112 cm³/mol. The van der Waals surface area contributed by atoms with E-state index in [1.807, 2.05) is 28.8 Å². The third kappa shape index (κ3) is 3.81. The summed E-state index contributed by atoms with van der Waals surface area (Å²) in [6, 6.07) is 6.72. The van der Waals surface area contributed by atoms with Crippen LogP contribution in [0.2, 0.25) is 5.02 Å². The summed E-state index contributed by atoms with van der Waals surface area (Å²) in [5.41, 5.74) is 1.01. The van der Waals surface area contributed by atoms with Gasteiger partial charge < -0.3 is 0 Å². The molecule has 0 N–H and O–H groups in total. The molecule has 3 heterocycles. The fourth-order valence-corrected chi connectivity index (χ4v) is 4.42. The number of nitrogens with zero attached hydrogens (tertiary/aromatic N) is 5.